The minimum absolute atomic E-state index is 0.345. The van der Waals surface area contributed by atoms with Gasteiger partial charge in [-0.05, 0) is 62.0 Å². The molecule has 33 heavy (non-hydrogen) atoms. The van der Waals surface area contributed by atoms with E-state index in [0.717, 1.165) is 54.1 Å². The number of rotatable bonds is 15. The van der Waals surface area contributed by atoms with Crippen molar-refractivity contribution in [3.63, 3.8) is 0 Å². The van der Waals surface area contributed by atoms with Crippen LogP contribution in [0.5, 0.6) is 0 Å². The molecule has 0 spiro atoms. The van der Waals surface area contributed by atoms with E-state index in [0.29, 0.717) is 24.9 Å². The zero-order valence-corrected chi connectivity index (χ0v) is 20.2. The van der Waals surface area contributed by atoms with Crippen molar-refractivity contribution in [1.29, 1.82) is 0 Å². The first-order chi connectivity index (χ1) is 16.1. The maximum absolute atomic E-state index is 11.7. The van der Waals surface area contributed by atoms with Crippen molar-refractivity contribution in [3.8, 4) is 0 Å². The van der Waals surface area contributed by atoms with Crippen LogP contribution in [0.3, 0.4) is 0 Å². The Labute approximate surface area is 201 Å². The Morgan fingerprint density at radius 3 is 2.48 bits per heavy atom. The maximum Gasteiger partial charge on any atom is 0.150 e. The highest BCUT2D eigenvalue weighted by Crippen LogP contribution is 2.29. The van der Waals surface area contributed by atoms with E-state index in [9.17, 15) is 14.4 Å². The van der Waals surface area contributed by atoms with Gasteiger partial charge in [0.1, 0.15) is 18.9 Å². The van der Waals surface area contributed by atoms with Crippen molar-refractivity contribution in [2.75, 3.05) is 13.6 Å². The molecule has 2 aromatic rings. The van der Waals surface area contributed by atoms with Crippen LogP contribution in [0.4, 0.5) is 0 Å². The average Bonchev–Trinajstić information content (AvgIpc) is 2.81. The van der Waals surface area contributed by atoms with E-state index in [1.165, 1.54) is 30.4 Å². The van der Waals surface area contributed by atoms with E-state index in [1.54, 1.807) is 11.8 Å². The minimum Gasteiger partial charge on any atom is -0.314 e. The summed E-state index contributed by atoms with van der Waals surface area (Å²) in [6.07, 6.45) is 8.45. The van der Waals surface area contributed by atoms with E-state index >= 15 is 0 Å². The lowest BCUT2D eigenvalue weighted by Crippen LogP contribution is -2.36. The van der Waals surface area contributed by atoms with Gasteiger partial charge in [0, 0.05) is 35.2 Å². The van der Waals surface area contributed by atoms with Crippen LogP contribution in [0.1, 0.15) is 59.2 Å². The smallest absolute Gasteiger partial charge is 0.150 e. The molecule has 6 heteroatoms. The second-order valence-electron chi connectivity index (χ2n) is 8.74. The number of aldehydes is 3. The first-order valence-electron chi connectivity index (χ1n) is 11.7. The Hall–Kier alpha value is -2.28. The fourth-order valence-electron chi connectivity index (χ4n) is 3.99. The summed E-state index contributed by atoms with van der Waals surface area (Å²) in [5.74, 6) is 0.807. The molecule has 0 aliphatic heterocycles. The maximum atomic E-state index is 11.7. The molecule has 3 rings (SSSR count). The van der Waals surface area contributed by atoms with Gasteiger partial charge in [0.05, 0.1) is 6.04 Å². The monoisotopic (exact) mass is 466 g/mol. The van der Waals surface area contributed by atoms with E-state index in [1.807, 2.05) is 30.1 Å². The first kappa shape index (κ1) is 25.3. The van der Waals surface area contributed by atoms with Crippen LogP contribution >= 0.6 is 11.8 Å². The van der Waals surface area contributed by atoms with Gasteiger partial charge in [0.2, 0.25) is 0 Å². The lowest BCUT2D eigenvalue weighted by Gasteiger charge is -2.26. The molecule has 0 saturated heterocycles. The summed E-state index contributed by atoms with van der Waals surface area (Å²) in [5, 5.41) is 3.61. The Bertz CT molecular complexity index is 912. The normalized spacial score (nSPS) is 14.6. The van der Waals surface area contributed by atoms with Crippen LogP contribution in [0.15, 0.2) is 47.4 Å². The number of hydrogen-bond acceptors (Lipinski definition) is 6. The van der Waals surface area contributed by atoms with E-state index < -0.39 is 0 Å². The van der Waals surface area contributed by atoms with Crippen LogP contribution < -0.4 is 5.32 Å². The Kier molecular flexibility index (Phi) is 10.3. The van der Waals surface area contributed by atoms with Crippen molar-refractivity contribution in [1.82, 2.24) is 10.2 Å². The van der Waals surface area contributed by atoms with Crippen LogP contribution in [-0.4, -0.2) is 49.4 Å². The Balaban J connectivity index is 1.60. The number of nitrogens with one attached hydrogen (secondary N) is 1. The number of nitrogens with zero attached hydrogens (tertiary/aromatic N) is 1. The Morgan fingerprint density at radius 1 is 1.09 bits per heavy atom. The van der Waals surface area contributed by atoms with Crippen LogP contribution in [-0.2, 0) is 28.3 Å². The fraction of sp³-hybridized carbons (Fsp3) is 0.444. The zero-order valence-electron chi connectivity index (χ0n) is 19.4. The predicted molar refractivity (Wildman–Crippen MR) is 134 cm³/mol. The summed E-state index contributed by atoms with van der Waals surface area (Å²) < 4.78 is 0. The second-order valence-corrected chi connectivity index (χ2v) is 9.76. The van der Waals surface area contributed by atoms with Gasteiger partial charge in [-0.15, -0.1) is 11.8 Å². The first-order valence-corrected chi connectivity index (χ1v) is 12.7. The highest BCUT2D eigenvalue weighted by Gasteiger charge is 2.18. The van der Waals surface area contributed by atoms with Gasteiger partial charge in [-0.25, -0.2) is 0 Å². The number of carbonyl (C=O) groups is 3. The van der Waals surface area contributed by atoms with Crippen molar-refractivity contribution in [3.05, 3.63) is 64.7 Å². The molecule has 0 bridgehead atoms. The quantitative estimate of drug-likeness (QED) is 0.309. The van der Waals surface area contributed by atoms with Crippen molar-refractivity contribution < 1.29 is 14.4 Å². The second kappa shape index (κ2) is 13.4. The van der Waals surface area contributed by atoms with E-state index in [-0.39, 0.29) is 6.04 Å². The van der Waals surface area contributed by atoms with E-state index in [2.05, 4.69) is 29.6 Å². The van der Waals surface area contributed by atoms with Crippen molar-refractivity contribution in [2.45, 2.75) is 67.8 Å². The molecule has 1 aliphatic rings. The zero-order chi connectivity index (χ0) is 23.5. The third kappa shape index (κ3) is 7.63. The molecule has 2 aromatic carbocycles. The van der Waals surface area contributed by atoms with Gasteiger partial charge in [-0.1, -0.05) is 42.8 Å². The highest BCUT2D eigenvalue weighted by molar-refractivity contribution is 7.98. The SMILES string of the molecule is CN(Cc1c(C=O)cccc1SCc1ccc(CCNC2CCC2)cc1)C(C=O)CCC=O. The van der Waals surface area contributed by atoms with Crippen molar-refractivity contribution >= 4 is 30.6 Å². The van der Waals surface area contributed by atoms with Gasteiger partial charge >= 0.3 is 0 Å². The number of hydrogen-bond donors (Lipinski definition) is 1. The molecule has 1 unspecified atom stereocenters. The standard InChI is InChI=1S/C27H34N2O3S/c1-29(25(19-32)8-4-16-30)17-26-23(18-31)5-2-9-27(26)33-20-22-12-10-21(11-13-22)14-15-28-24-6-3-7-24/h2,5,9-13,16,18-19,24-25,28H,3-4,6-8,14-15,17,20H2,1H3. The summed E-state index contributed by atoms with van der Waals surface area (Å²) >= 11 is 1.70. The number of benzene rings is 2. The number of thioether (sulfide) groups is 1. The lowest BCUT2D eigenvalue weighted by atomic mass is 9.93. The van der Waals surface area contributed by atoms with Gasteiger partial charge in [0.25, 0.3) is 0 Å². The summed E-state index contributed by atoms with van der Waals surface area (Å²) in [5.41, 5.74) is 4.15. The number of likely N-dealkylation sites (N-methyl/N-ethyl adjacent to an activating group) is 1. The average molecular weight is 467 g/mol. The van der Waals surface area contributed by atoms with Gasteiger partial charge in [-0.2, -0.15) is 0 Å². The molecule has 1 N–H and O–H groups in total. The predicted octanol–water partition coefficient (Wildman–Crippen LogP) is 4.45. The van der Waals surface area contributed by atoms with Crippen molar-refractivity contribution in [2.24, 2.45) is 0 Å². The molecule has 1 atom stereocenters. The highest BCUT2D eigenvalue weighted by atomic mass is 32.2. The molecule has 0 aromatic heterocycles. The molecule has 0 amide bonds. The molecule has 176 valence electrons. The van der Waals surface area contributed by atoms with Crippen LogP contribution in [0.2, 0.25) is 0 Å². The summed E-state index contributed by atoms with van der Waals surface area (Å²) in [6, 6.07) is 14.9. The molecule has 5 nitrogen and oxygen atoms in total. The van der Waals surface area contributed by atoms with E-state index in [4.69, 9.17) is 0 Å². The molecule has 1 saturated carbocycles. The fourth-order valence-corrected chi connectivity index (χ4v) is 5.04. The molecule has 1 fully saturated rings. The lowest BCUT2D eigenvalue weighted by molar-refractivity contribution is -0.113. The molecule has 0 radical (unpaired) electrons. The van der Waals surface area contributed by atoms with Crippen LogP contribution in [0.25, 0.3) is 0 Å². The number of carbonyl (C=O) groups excluding carboxylic acids is 3. The third-order valence-corrected chi connectivity index (χ3v) is 7.55. The summed E-state index contributed by atoms with van der Waals surface area (Å²) in [6.45, 7) is 1.51. The Morgan fingerprint density at radius 2 is 1.85 bits per heavy atom. The molecule has 1 aliphatic carbocycles. The van der Waals surface area contributed by atoms with Gasteiger partial charge < -0.3 is 14.9 Å². The van der Waals surface area contributed by atoms with Crippen LogP contribution in [0, 0.1) is 0 Å². The van der Waals surface area contributed by atoms with Gasteiger partial charge in [-0.3, -0.25) is 9.69 Å². The molecular weight excluding hydrogens is 432 g/mol. The molecular formula is C27H34N2O3S. The molecule has 0 heterocycles. The summed E-state index contributed by atoms with van der Waals surface area (Å²) in [4.78, 5) is 36.8. The topological polar surface area (TPSA) is 66.5 Å². The third-order valence-electron chi connectivity index (χ3n) is 6.38. The largest absolute Gasteiger partial charge is 0.314 e. The minimum atomic E-state index is -0.348. The van der Waals surface area contributed by atoms with Gasteiger partial charge in [0.15, 0.2) is 0 Å². The summed E-state index contributed by atoms with van der Waals surface area (Å²) in [7, 11) is 1.86.